The monoisotopic (exact) mass is 215 g/mol. The van der Waals surface area contributed by atoms with Gasteiger partial charge in [0.05, 0.1) is 10.5 Å². The molecule has 0 fully saturated rings. The standard InChI is InChI=1S/C13H13NO2/c1-8-6-9(2)11-4-5-12(14(15)16)13(11)10(3)7-8/h4-7H,1-3H3. The number of rotatable bonds is 1. The maximum atomic E-state index is 10.9. The van der Waals surface area contributed by atoms with Crippen molar-refractivity contribution in [1.29, 1.82) is 0 Å². The maximum absolute atomic E-state index is 10.9. The molecule has 2 rings (SSSR count). The van der Waals surface area contributed by atoms with Gasteiger partial charge in [-0.3, -0.25) is 10.1 Å². The zero-order valence-electron chi connectivity index (χ0n) is 9.57. The quantitative estimate of drug-likeness (QED) is 0.538. The van der Waals surface area contributed by atoms with Crippen LogP contribution < -0.4 is 0 Å². The highest BCUT2D eigenvalue weighted by Crippen LogP contribution is 2.38. The van der Waals surface area contributed by atoms with E-state index < -0.39 is 0 Å². The molecule has 0 saturated carbocycles. The Bertz CT molecular complexity index is 546. The van der Waals surface area contributed by atoms with Crippen LogP contribution in [0.4, 0.5) is 5.69 Å². The average molecular weight is 215 g/mol. The number of nitro groups is 1. The molecule has 0 aliphatic heterocycles. The summed E-state index contributed by atoms with van der Waals surface area (Å²) in [5, 5.41) is 10.9. The molecule has 0 unspecified atom stereocenters. The Morgan fingerprint density at radius 1 is 1.06 bits per heavy atom. The highest BCUT2D eigenvalue weighted by atomic mass is 16.6. The first kappa shape index (κ1) is 10.6. The van der Waals surface area contributed by atoms with Crippen molar-refractivity contribution in [2.75, 3.05) is 0 Å². The molecular weight excluding hydrogens is 202 g/mol. The molecule has 3 nitrogen and oxygen atoms in total. The zero-order valence-corrected chi connectivity index (χ0v) is 9.57. The summed E-state index contributed by atoms with van der Waals surface area (Å²) in [4.78, 5) is 10.6. The van der Waals surface area contributed by atoms with Crippen molar-refractivity contribution in [3.05, 3.63) is 51.1 Å². The minimum atomic E-state index is -0.315. The lowest BCUT2D eigenvalue weighted by atomic mass is 10.0. The summed E-state index contributed by atoms with van der Waals surface area (Å²) in [6.45, 7) is 5.91. The molecule has 0 spiro atoms. The van der Waals surface area contributed by atoms with E-state index in [1.165, 1.54) is 0 Å². The van der Waals surface area contributed by atoms with Crippen LogP contribution in [0.25, 0.3) is 11.1 Å². The molecule has 2 aliphatic rings. The van der Waals surface area contributed by atoms with Gasteiger partial charge in [-0.25, -0.2) is 0 Å². The summed E-state index contributed by atoms with van der Waals surface area (Å²) in [5.74, 6) is 0. The van der Waals surface area contributed by atoms with E-state index in [-0.39, 0.29) is 10.6 Å². The van der Waals surface area contributed by atoms with Gasteiger partial charge in [0.15, 0.2) is 0 Å². The van der Waals surface area contributed by atoms with Gasteiger partial charge in [-0.2, -0.15) is 0 Å². The third-order valence-corrected chi connectivity index (χ3v) is 2.84. The minimum Gasteiger partial charge on any atom is -0.258 e. The van der Waals surface area contributed by atoms with Gasteiger partial charge in [-0.1, -0.05) is 17.7 Å². The van der Waals surface area contributed by atoms with E-state index in [1.54, 1.807) is 6.07 Å². The van der Waals surface area contributed by atoms with E-state index in [1.807, 2.05) is 32.9 Å². The third-order valence-electron chi connectivity index (χ3n) is 2.84. The number of nitrogens with zero attached hydrogens (tertiary/aromatic N) is 1. The predicted molar refractivity (Wildman–Crippen MR) is 63.9 cm³/mol. The Kier molecular flexibility index (Phi) is 2.38. The predicted octanol–water partition coefficient (Wildman–Crippen LogP) is 3.62. The van der Waals surface area contributed by atoms with Gasteiger partial charge < -0.3 is 0 Å². The first-order valence-corrected chi connectivity index (χ1v) is 5.15. The molecule has 16 heavy (non-hydrogen) atoms. The van der Waals surface area contributed by atoms with Crippen LogP contribution in [0.3, 0.4) is 0 Å². The van der Waals surface area contributed by atoms with E-state index in [9.17, 15) is 10.1 Å². The van der Waals surface area contributed by atoms with Crippen molar-refractivity contribution in [3.8, 4) is 11.1 Å². The summed E-state index contributed by atoms with van der Waals surface area (Å²) in [6.07, 6.45) is 0. The number of fused-ring (bicyclic) bond motifs is 1. The van der Waals surface area contributed by atoms with Crippen LogP contribution in [0.1, 0.15) is 16.7 Å². The van der Waals surface area contributed by atoms with Gasteiger partial charge in [0, 0.05) is 6.07 Å². The fraction of sp³-hybridized carbons (Fsp3) is 0.231. The summed E-state index contributed by atoms with van der Waals surface area (Å²) in [7, 11) is 0. The van der Waals surface area contributed by atoms with Crippen LogP contribution in [0, 0.1) is 30.9 Å². The molecule has 0 atom stereocenters. The molecule has 0 heterocycles. The molecule has 0 N–H and O–H groups in total. The molecule has 2 aliphatic carbocycles. The van der Waals surface area contributed by atoms with Crippen LogP contribution in [-0.2, 0) is 0 Å². The average Bonchev–Trinajstić information content (AvgIpc) is 2.56. The van der Waals surface area contributed by atoms with E-state index in [4.69, 9.17) is 0 Å². The highest BCUT2D eigenvalue weighted by molar-refractivity contribution is 5.82. The fourth-order valence-corrected chi connectivity index (χ4v) is 2.24. The van der Waals surface area contributed by atoms with Crippen molar-refractivity contribution in [3.63, 3.8) is 0 Å². The Morgan fingerprint density at radius 2 is 1.69 bits per heavy atom. The SMILES string of the molecule is Cc1cc(C)c2ccc([N+](=O)[O-])c-2c(C)c1. The fourth-order valence-electron chi connectivity index (χ4n) is 2.24. The van der Waals surface area contributed by atoms with E-state index >= 15 is 0 Å². The van der Waals surface area contributed by atoms with Crippen molar-refractivity contribution in [1.82, 2.24) is 0 Å². The van der Waals surface area contributed by atoms with Gasteiger partial charge >= 0.3 is 0 Å². The van der Waals surface area contributed by atoms with Crippen molar-refractivity contribution >= 4 is 5.69 Å². The summed E-state index contributed by atoms with van der Waals surface area (Å²) in [6, 6.07) is 7.45. The lowest BCUT2D eigenvalue weighted by Gasteiger charge is -1.99. The summed E-state index contributed by atoms with van der Waals surface area (Å²) in [5.41, 5.74) is 5.09. The molecule has 0 amide bonds. The van der Waals surface area contributed by atoms with Crippen LogP contribution in [0.2, 0.25) is 0 Å². The Morgan fingerprint density at radius 3 is 2.31 bits per heavy atom. The van der Waals surface area contributed by atoms with E-state index in [0.717, 1.165) is 27.8 Å². The first-order chi connectivity index (χ1) is 7.50. The smallest absolute Gasteiger partial charge is 0.258 e. The molecule has 3 heteroatoms. The number of hydrogen-bond acceptors (Lipinski definition) is 2. The molecular formula is C13H13NO2. The molecule has 82 valence electrons. The first-order valence-electron chi connectivity index (χ1n) is 5.15. The lowest BCUT2D eigenvalue weighted by molar-refractivity contribution is -0.383. The zero-order chi connectivity index (χ0) is 11.9. The van der Waals surface area contributed by atoms with E-state index in [2.05, 4.69) is 6.07 Å². The third kappa shape index (κ3) is 1.54. The van der Waals surface area contributed by atoms with Gasteiger partial charge in [0.25, 0.3) is 5.69 Å². The van der Waals surface area contributed by atoms with Crippen LogP contribution in [0.15, 0.2) is 24.3 Å². The van der Waals surface area contributed by atoms with Crippen molar-refractivity contribution in [2.45, 2.75) is 20.8 Å². The largest absolute Gasteiger partial charge is 0.277 e. The minimum absolute atomic E-state index is 0.200. The summed E-state index contributed by atoms with van der Waals surface area (Å²) >= 11 is 0. The molecule has 0 aromatic rings. The Labute approximate surface area is 94.2 Å². The van der Waals surface area contributed by atoms with Gasteiger partial charge in [0.1, 0.15) is 0 Å². The normalized spacial score (nSPS) is 10.7. The van der Waals surface area contributed by atoms with E-state index in [0.29, 0.717) is 0 Å². The molecule has 0 aromatic heterocycles. The molecule has 0 aromatic carbocycles. The highest BCUT2D eigenvalue weighted by Gasteiger charge is 2.21. The van der Waals surface area contributed by atoms with Gasteiger partial charge in [-0.15, -0.1) is 0 Å². The van der Waals surface area contributed by atoms with Crippen LogP contribution >= 0.6 is 0 Å². The second-order valence-corrected chi connectivity index (χ2v) is 4.16. The molecule has 0 saturated heterocycles. The van der Waals surface area contributed by atoms with Crippen LogP contribution in [-0.4, -0.2) is 4.92 Å². The maximum Gasteiger partial charge on any atom is 0.277 e. The molecule has 0 radical (unpaired) electrons. The van der Waals surface area contributed by atoms with Crippen LogP contribution in [0.5, 0.6) is 0 Å². The lowest BCUT2D eigenvalue weighted by Crippen LogP contribution is -1.88. The second kappa shape index (κ2) is 3.59. The topological polar surface area (TPSA) is 43.1 Å². The summed E-state index contributed by atoms with van der Waals surface area (Å²) < 4.78 is 0. The van der Waals surface area contributed by atoms with Gasteiger partial charge in [-0.05, 0) is 43.5 Å². The van der Waals surface area contributed by atoms with Gasteiger partial charge in [0.2, 0.25) is 0 Å². The number of aryl methyl sites for hydroxylation is 3. The second-order valence-electron chi connectivity index (χ2n) is 4.16. The molecule has 0 bridgehead atoms. The Hall–Kier alpha value is -1.90. The number of hydrogen-bond donors (Lipinski definition) is 0. The van der Waals surface area contributed by atoms with Crippen molar-refractivity contribution in [2.24, 2.45) is 0 Å². The van der Waals surface area contributed by atoms with Crippen molar-refractivity contribution < 1.29 is 4.92 Å². The Balaban J connectivity index is 2.86.